The van der Waals surface area contributed by atoms with Crippen molar-refractivity contribution >= 4 is 41.6 Å². The summed E-state index contributed by atoms with van der Waals surface area (Å²) >= 11 is 6.63. The van der Waals surface area contributed by atoms with E-state index >= 15 is 0 Å². The first kappa shape index (κ1) is 21.2. The van der Waals surface area contributed by atoms with Crippen molar-refractivity contribution in [3.05, 3.63) is 30.1 Å². The monoisotopic (exact) mass is 329 g/mol. The summed E-state index contributed by atoms with van der Waals surface area (Å²) < 4.78 is 0. The van der Waals surface area contributed by atoms with Crippen LogP contribution in [0.15, 0.2) is 24.5 Å². The quantitative estimate of drug-likeness (QED) is 0.108. The second-order valence-electron chi connectivity index (χ2n) is 2.57. The Labute approximate surface area is 164 Å². The number of rotatable bonds is 1. The fourth-order valence-electron chi connectivity index (χ4n) is 0.686. The average molecular weight is 329 g/mol. The van der Waals surface area contributed by atoms with Gasteiger partial charge in [0.05, 0.1) is 0 Å². The molecule has 0 bridgehead atoms. The molecule has 0 saturated carbocycles. The molecule has 0 spiro atoms. The van der Waals surface area contributed by atoms with Crippen LogP contribution in [0.1, 0.15) is 11.8 Å². The number of hydrogen-bond acceptors (Lipinski definition) is 5. The van der Waals surface area contributed by atoms with Gasteiger partial charge in [0.1, 0.15) is 0 Å². The van der Waals surface area contributed by atoms with Crippen LogP contribution in [0.4, 0.5) is 9.59 Å². The van der Waals surface area contributed by atoms with Gasteiger partial charge in [0, 0.05) is 18.0 Å². The molecule has 100 valence electrons. The molecule has 0 aliphatic carbocycles. The summed E-state index contributed by atoms with van der Waals surface area (Å²) in [6, 6.07) is 3.06. The zero-order chi connectivity index (χ0) is 14.0. The topological polar surface area (TPSA) is 126 Å². The summed E-state index contributed by atoms with van der Waals surface area (Å²) in [5.41, 5.74) is 6.37. The van der Waals surface area contributed by atoms with Crippen molar-refractivity contribution in [2.45, 2.75) is 0 Å². The molecule has 19 heavy (non-hydrogen) atoms. The molecule has 0 unspecified atom stereocenters. The predicted octanol–water partition coefficient (Wildman–Crippen LogP) is -3.02. The molecule has 3 amide bonds. The van der Waals surface area contributed by atoms with Gasteiger partial charge in [-0.3, -0.25) is 35.6 Å². The number of amides is 3. The number of nitrogens with two attached hydrogens (primary N) is 1. The maximum atomic E-state index is 11.2. The van der Waals surface area contributed by atoms with Gasteiger partial charge in [-0.15, -0.1) is 0 Å². The fraction of sp³-hybridized carbons (Fsp3) is 0. The Kier molecular flexibility index (Phi) is 14.3. The second kappa shape index (κ2) is 12.9. The number of nitrogens with zero attached hydrogens (tertiary/aromatic N) is 1. The van der Waals surface area contributed by atoms with E-state index in [9.17, 15) is 14.4 Å². The number of nitrogens with one attached hydrogen (secondary N) is 3. The molecular formula is C8H12KN5O3S2. The summed E-state index contributed by atoms with van der Waals surface area (Å²) in [6.07, 6.45) is 2.97. The maximum Gasteiger partial charge on any atom is 1.00 e. The van der Waals surface area contributed by atoms with Crippen molar-refractivity contribution in [3.8, 4) is 0 Å². The van der Waals surface area contributed by atoms with E-state index in [-0.39, 0.29) is 52.8 Å². The van der Waals surface area contributed by atoms with E-state index in [2.05, 4.69) is 41.5 Å². The second-order valence-corrected chi connectivity index (χ2v) is 3.38. The van der Waals surface area contributed by atoms with Gasteiger partial charge in [-0.1, -0.05) is 25.3 Å². The molecule has 0 aliphatic heterocycles. The molecule has 1 aromatic heterocycles. The number of thiol groups is 2. The fourth-order valence-corrected chi connectivity index (χ4v) is 0.742. The van der Waals surface area contributed by atoms with Crippen molar-refractivity contribution in [1.82, 2.24) is 21.3 Å². The van der Waals surface area contributed by atoms with Gasteiger partial charge in [0.2, 0.25) is 0 Å². The molecule has 0 fully saturated rings. The van der Waals surface area contributed by atoms with Crippen molar-refractivity contribution in [1.29, 1.82) is 0 Å². The van der Waals surface area contributed by atoms with Crippen LogP contribution in [-0.4, -0.2) is 21.4 Å². The van der Waals surface area contributed by atoms with Crippen LogP contribution in [-0.2, 0) is 0 Å². The molecule has 1 aromatic rings. The smallest absolute Gasteiger partial charge is 1.00 e. The van der Waals surface area contributed by atoms with Crippen LogP contribution < -0.4 is 73.5 Å². The molecule has 0 aromatic carbocycles. The molecule has 1 heterocycles. The minimum Gasteiger partial charge on any atom is -1.00 e. The van der Waals surface area contributed by atoms with Crippen molar-refractivity contribution < 1.29 is 67.2 Å². The van der Waals surface area contributed by atoms with Crippen LogP contribution >= 0.6 is 25.3 Å². The number of aromatic nitrogens is 1. The van der Waals surface area contributed by atoms with Gasteiger partial charge in [0.25, 0.3) is 16.4 Å². The van der Waals surface area contributed by atoms with Crippen LogP contribution in [0.2, 0.25) is 0 Å². The first-order valence-electron chi connectivity index (χ1n) is 4.36. The molecule has 11 heteroatoms. The normalized spacial score (nSPS) is 7.95. The van der Waals surface area contributed by atoms with Gasteiger partial charge in [0.15, 0.2) is 0 Å². The Morgan fingerprint density at radius 3 is 1.95 bits per heavy atom. The summed E-state index contributed by atoms with van der Waals surface area (Å²) in [5.74, 6) is 4.08. The number of hydrazine groups is 2. The maximum absolute atomic E-state index is 11.2. The average Bonchev–Trinajstić information content (AvgIpc) is 2.37. The molecule has 0 saturated heterocycles. The minimum absolute atomic E-state index is 0. The van der Waals surface area contributed by atoms with Gasteiger partial charge in [-0.05, 0) is 12.1 Å². The SMILES string of the molecule is NNC(=O)S.O=C(S)NNC(=O)c1ccncc1.[H-].[K+]. The molecule has 1 rings (SSSR count). The first-order valence-corrected chi connectivity index (χ1v) is 5.25. The number of carbonyl (C=O) groups is 3. The zero-order valence-electron chi connectivity index (χ0n) is 11.0. The Morgan fingerprint density at radius 2 is 1.58 bits per heavy atom. The molecule has 8 nitrogen and oxygen atoms in total. The largest absolute Gasteiger partial charge is 1.00 e. The summed E-state index contributed by atoms with van der Waals surface area (Å²) in [7, 11) is 0. The van der Waals surface area contributed by atoms with Gasteiger partial charge >= 0.3 is 51.4 Å². The van der Waals surface area contributed by atoms with E-state index in [0.29, 0.717) is 5.56 Å². The standard InChI is InChI=1S/C7H7N3O2S.CH4N2OS.K.H/c11-6(9-10-7(12)13)5-1-3-8-4-2-5;2-3-1(4)5;;/h1-4H,(H,9,11)(H2,10,12,13);2H2,(H2,3,4,5);;/q;;+1;-1. The Hall–Kier alpha value is -0.144. The van der Waals surface area contributed by atoms with Crippen LogP contribution in [0.25, 0.3) is 0 Å². The Morgan fingerprint density at radius 1 is 1.11 bits per heavy atom. The number of pyridine rings is 1. The van der Waals surface area contributed by atoms with E-state index in [1.54, 1.807) is 5.43 Å². The summed E-state index contributed by atoms with van der Waals surface area (Å²) in [4.78, 5) is 34.6. The van der Waals surface area contributed by atoms with E-state index < -0.39 is 16.4 Å². The number of hydrogen-bond donors (Lipinski definition) is 6. The van der Waals surface area contributed by atoms with Crippen LogP contribution in [0.5, 0.6) is 0 Å². The molecule has 0 radical (unpaired) electrons. The Balaban J connectivity index is -0.000000361. The van der Waals surface area contributed by atoms with Gasteiger partial charge in [-0.25, -0.2) is 5.84 Å². The third-order valence-electron chi connectivity index (χ3n) is 1.35. The molecule has 0 atom stereocenters. The molecule has 5 N–H and O–H groups in total. The zero-order valence-corrected chi connectivity index (χ0v) is 14.9. The van der Waals surface area contributed by atoms with E-state index in [1.807, 2.05) is 5.43 Å². The van der Waals surface area contributed by atoms with Gasteiger partial charge < -0.3 is 1.43 Å². The first-order chi connectivity index (χ1) is 8.47. The summed E-state index contributed by atoms with van der Waals surface area (Å²) in [5, 5.41) is -1.15. The van der Waals surface area contributed by atoms with Crippen LogP contribution in [0.3, 0.4) is 0 Å². The van der Waals surface area contributed by atoms with Crippen molar-refractivity contribution in [2.24, 2.45) is 5.84 Å². The van der Waals surface area contributed by atoms with E-state index in [1.165, 1.54) is 24.5 Å². The van der Waals surface area contributed by atoms with E-state index in [4.69, 9.17) is 0 Å². The van der Waals surface area contributed by atoms with Crippen molar-refractivity contribution in [3.63, 3.8) is 0 Å². The predicted molar refractivity (Wildman–Crippen MR) is 72.0 cm³/mol. The van der Waals surface area contributed by atoms with Crippen molar-refractivity contribution in [2.75, 3.05) is 0 Å². The summed E-state index contributed by atoms with van der Waals surface area (Å²) in [6.45, 7) is 0. The third kappa shape index (κ3) is 12.6. The molecule has 0 aliphatic rings. The minimum atomic E-state index is -0.623. The Bertz CT molecular complexity index is 426. The number of carbonyl (C=O) groups excluding carboxylic acids is 3. The van der Waals surface area contributed by atoms with E-state index in [0.717, 1.165) is 0 Å². The van der Waals surface area contributed by atoms with Gasteiger partial charge in [-0.2, -0.15) is 0 Å². The van der Waals surface area contributed by atoms with Crippen LogP contribution in [0, 0.1) is 0 Å². The third-order valence-corrected chi connectivity index (χ3v) is 1.59. The molecular weight excluding hydrogens is 317 g/mol.